The summed E-state index contributed by atoms with van der Waals surface area (Å²) in [7, 11) is 0. The molecule has 0 bridgehead atoms. The Morgan fingerprint density at radius 2 is 1.92 bits per heavy atom. The Morgan fingerprint density at radius 3 is 2.56 bits per heavy atom. The maximum Gasteiger partial charge on any atom is 0.262 e. The van der Waals surface area contributed by atoms with E-state index in [1.54, 1.807) is 17.1 Å². The zero-order chi connectivity index (χ0) is 17.5. The van der Waals surface area contributed by atoms with Gasteiger partial charge < -0.3 is 5.32 Å². The van der Waals surface area contributed by atoms with E-state index >= 15 is 0 Å². The third-order valence-electron chi connectivity index (χ3n) is 3.55. The molecule has 6 nitrogen and oxygen atoms in total. The van der Waals surface area contributed by atoms with E-state index in [4.69, 9.17) is 0 Å². The summed E-state index contributed by atoms with van der Waals surface area (Å²) < 4.78 is 1.63. The van der Waals surface area contributed by atoms with Crippen LogP contribution < -0.4 is 5.32 Å². The van der Waals surface area contributed by atoms with Gasteiger partial charge in [-0.1, -0.05) is 42.5 Å². The monoisotopic (exact) mass is 329 g/mol. The number of aromatic nitrogens is 3. The lowest BCUT2D eigenvalue weighted by molar-refractivity contribution is -0.117. The molecular formula is C19H15N5O. The number of carbonyl (C=O) groups excluding carboxylic acids is 1. The molecule has 0 fully saturated rings. The maximum atomic E-state index is 12.2. The van der Waals surface area contributed by atoms with Crippen molar-refractivity contribution in [3.05, 3.63) is 84.0 Å². The molecule has 6 heteroatoms. The van der Waals surface area contributed by atoms with Gasteiger partial charge >= 0.3 is 0 Å². The predicted molar refractivity (Wildman–Crippen MR) is 93.2 cm³/mol. The summed E-state index contributed by atoms with van der Waals surface area (Å²) in [5.74, 6) is -0.397. The van der Waals surface area contributed by atoms with Crippen molar-refractivity contribution < 1.29 is 4.79 Å². The molecule has 0 saturated heterocycles. The average molecular weight is 329 g/mol. The lowest BCUT2D eigenvalue weighted by Gasteiger charge is -2.05. The van der Waals surface area contributed by atoms with Crippen molar-refractivity contribution in [2.45, 2.75) is 6.54 Å². The molecule has 1 aromatic heterocycles. The molecule has 0 unspecified atom stereocenters. The normalized spacial score (nSPS) is 10.9. The molecule has 0 spiro atoms. The van der Waals surface area contributed by atoms with Gasteiger partial charge in [-0.25, -0.2) is 9.67 Å². The smallest absolute Gasteiger partial charge is 0.262 e. The van der Waals surface area contributed by atoms with Crippen molar-refractivity contribution in [3.63, 3.8) is 0 Å². The van der Waals surface area contributed by atoms with Crippen LogP contribution >= 0.6 is 0 Å². The molecule has 1 amide bonds. The Balaban J connectivity index is 1.69. The third-order valence-corrected chi connectivity index (χ3v) is 3.55. The summed E-state index contributed by atoms with van der Waals surface area (Å²) in [5, 5.41) is 16.1. The second kappa shape index (κ2) is 7.70. The van der Waals surface area contributed by atoms with Gasteiger partial charge in [0, 0.05) is 6.54 Å². The highest BCUT2D eigenvalue weighted by Crippen LogP contribution is 2.11. The second-order valence-corrected chi connectivity index (χ2v) is 5.27. The number of nitriles is 1. The number of amides is 1. The molecular weight excluding hydrogens is 314 g/mol. The minimum atomic E-state index is -0.397. The molecule has 0 saturated carbocycles. The molecule has 0 radical (unpaired) electrons. The lowest BCUT2D eigenvalue weighted by atomic mass is 10.1. The van der Waals surface area contributed by atoms with Crippen LogP contribution in [0.4, 0.5) is 0 Å². The summed E-state index contributed by atoms with van der Waals surface area (Å²) in [6.07, 6.45) is 4.62. The molecule has 0 aliphatic carbocycles. The van der Waals surface area contributed by atoms with Gasteiger partial charge in [-0.2, -0.15) is 10.4 Å². The zero-order valence-electron chi connectivity index (χ0n) is 13.3. The first-order valence-corrected chi connectivity index (χ1v) is 7.65. The highest BCUT2D eigenvalue weighted by atomic mass is 16.1. The van der Waals surface area contributed by atoms with Crippen molar-refractivity contribution in [3.8, 4) is 11.8 Å². The molecule has 0 atom stereocenters. The SMILES string of the molecule is N#C/C(=C/c1ccc(-n2cncn2)cc1)C(=O)NCc1ccccc1. The van der Waals surface area contributed by atoms with Crippen LogP contribution in [0.2, 0.25) is 0 Å². The highest BCUT2D eigenvalue weighted by Gasteiger charge is 2.08. The molecule has 2 aromatic carbocycles. The Hall–Kier alpha value is -3.72. The van der Waals surface area contributed by atoms with Crippen molar-refractivity contribution >= 4 is 12.0 Å². The Morgan fingerprint density at radius 1 is 1.16 bits per heavy atom. The number of hydrogen-bond donors (Lipinski definition) is 1. The van der Waals surface area contributed by atoms with E-state index in [1.165, 1.54) is 6.33 Å². The topological polar surface area (TPSA) is 83.6 Å². The number of benzene rings is 2. The fourth-order valence-electron chi connectivity index (χ4n) is 2.25. The first kappa shape index (κ1) is 16.1. The van der Waals surface area contributed by atoms with Crippen molar-refractivity contribution in [1.29, 1.82) is 5.26 Å². The van der Waals surface area contributed by atoms with Crippen molar-refractivity contribution in [2.75, 3.05) is 0 Å². The number of rotatable bonds is 5. The van der Waals surface area contributed by atoms with E-state index < -0.39 is 5.91 Å². The van der Waals surface area contributed by atoms with E-state index in [-0.39, 0.29) is 5.57 Å². The van der Waals surface area contributed by atoms with E-state index in [1.807, 2.05) is 60.7 Å². The number of carbonyl (C=O) groups is 1. The van der Waals surface area contributed by atoms with Crippen molar-refractivity contribution in [1.82, 2.24) is 20.1 Å². The van der Waals surface area contributed by atoms with Crippen LogP contribution in [0, 0.1) is 11.3 Å². The van der Waals surface area contributed by atoms with Crippen LogP contribution in [0.1, 0.15) is 11.1 Å². The highest BCUT2D eigenvalue weighted by molar-refractivity contribution is 6.01. The van der Waals surface area contributed by atoms with Gasteiger partial charge in [0.1, 0.15) is 24.3 Å². The van der Waals surface area contributed by atoms with Gasteiger partial charge in [-0.15, -0.1) is 0 Å². The number of nitrogens with zero attached hydrogens (tertiary/aromatic N) is 4. The Kier molecular flexibility index (Phi) is 4.98. The average Bonchev–Trinajstić information content (AvgIpc) is 3.20. The molecule has 3 rings (SSSR count). The first-order chi connectivity index (χ1) is 12.3. The van der Waals surface area contributed by atoms with Crippen LogP contribution in [-0.4, -0.2) is 20.7 Å². The summed E-state index contributed by atoms with van der Waals surface area (Å²) >= 11 is 0. The molecule has 0 aliphatic rings. The standard InChI is InChI=1S/C19H15N5O/c20-11-17(19(25)22-12-16-4-2-1-3-5-16)10-15-6-8-18(9-7-15)24-14-21-13-23-24/h1-10,13-14H,12H2,(H,22,25)/b17-10-. The van der Waals surface area contributed by atoms with Gasteiger partial charge in [0.05, 0.1) is 5.69 Å². The van der Waals surface area contributed by atoms with Crippen LogP contribution in [0.5, 0.6) is 0 Å². The van der Waals surface area contributed by atoms with Crippen LogP contribution in [0.15, 0.2) is 72.8 Å². The van der Waals surface area contributed by atoms with Crippen LogP contribution in [0.3, 0.4) is 0 Å². The minimum Gasteiger partial charge on any atom is -0.347 e. The fraction of sp³-hybridized carbons (Fsp3) is 0.0526. The summed E-state index contributed by atoms with van der Waals surface area (Å²) in [6.45, 7) is 0.379. The largest absolute Gasteiger partial charge is 0.347 e. The fourth-order valence-corrected chi connectivity index (χ4v) is 2.25. The number of nitrogens with one attached hydrogen (secondary N) is 1. The molecule has 25 heavy (non-hydrogen) atoms. The summed E-state index contributed by atoms with van der Waals surface area (Å²) in [4.78, 5) is 16.1. The Bertz CT molecular complexity index is 907. The van der Waals surface area contributed by atoms with Crippen molar-refractivity contribution in [2.24, 2.45) is 0 Å². The minimum absolute atomic E-state index is 0.0597. The first-order valence-electron chi connectivity index (χ1n) is 7.65. The van der Waals surface area contributed by atoms with E-state index in [2.05, 4.69) is 15.4 Å². The van der Waals surface area contributed by atoms with E-state index in [0.717, 1.165) is 16.8 Å². The van der Waals surface area contributed by atoms with E-state index in [0.29, 0.717) is 6.54 Å². The molecule has 0 aliphatic heterocycles. The maximum absolute atomic E-state index is 12.2. The summed E-state index contributed by atoms with van der Waals surface area (Å²) in [6, 6.07) is 18.8. The summed E-state index contributed by atoms with van der Waals surface area (Å²) in [5.41, 5.74) is 2.65. The Labute approximate surface area is 145 Å². The molecule has 3 aromatic rings. The second-order valence-electron chi connectivity index (χ2n) is 5.27. The molecule has 122 valence electrons. The molecule has 1 N–H and O–H groups in total. The van der Waals surface area contributed by atoms with Gasteiger partial charge in [0.15, 0.2) is 0 Å². The predicted octanol–water partition coefficient (Wildman–Crippen LogP) is 2.49. The molecule has 1 heterocycles. The van der Waals surface area contributed by atoms with Crippen LogP contribution in [0.25, 0.3) is 11.8 Å². The van der Waals surface area contributed by atoms with Gasteiger partial charge in [-0.3, -0.25) is 4.79 Å². The number of hydrogen-bond acceptors (Lipinski definition) is 4. The van der Waals surface area contributed by atoms with Gasteiger partial charge in [0.2, 0.25) is 0 Å². The van der Waals surface area contributed by atoms with Crippen LogP contribution in [-0.2, 0) is 11.3 Å². The zero-order valence-corrected chi connectivity index (χ0v) is 13.3. The van der Waals surface area contributed by atoms with E-state index in [9.17, 15) is 10.1 Å². The van der Waals surface area contributed by atoms with Gasteiger partial charge in [-0.05, 0) is 29.3 Å². The van der Waals surface area contributed by atoms with Gasteiger partial charge in [0.25, 0.3) is 5.91 Å². The quantitative estimate of drug-likeness (QED) is 0.576. The third kappa shape index (κ3) is 4.18. The lowest BCUT2D eigenvalue weighted by Crippen LogP contribution is -2.23.